The Bertz CT molecular complexity index is 1660. The second-order valence-corrected chi connectivity index (χ2v) is 19.6. The molecular formula is C56H95NO18. The summed E-state index contributed by atoms with van der Waals surface area (Å²) in [6.07, 6.45) is 17.5. The van der Waals surface area contributed by atoms with Crippen LogP contribution in [0.5, 0.6) is 0 Å². The number of hydrogen-bond donors (Lipinski definition) is 12. The highest BCUT2D eigenvalue weighted by atomic mass is 16.8. The van der Waals surface area contributed by atoms with Gasteiger partial charge in [-0.1, -0.05) is 132 Å². The Balaban J connectivity index is 1.56. The Morgan fingerprint density at radius 1 is 0.493 bits per heavy atom. The summed E-state index contributed by atoms with van der Waals surface area (Å²) in [7, 11) is 0. The molecule has 17 unspecified atom stereocenters. The lowest BCUT2D eigenvalue weighted by Crippen LogP contribution is -2.66. The van der Waals surface area contributed by atoms with Gasteiger partial charge in [0.25, 0.3) is 0 Å². The number of hydrogen-bond acceptors (Lipinski definition) is 18. The van der Waals surface area contributed by atoms with E-state index in [0.717, 1.165) is 77.0 Å². The minimum atomic E-state index is -1.99. The molecule has 0 bridgehead atoms. The molecule has 3 rings (SSSR count). The van der Waals surface area contributed by atoms with Crippen molar-refractivity contribution in [1.82, 2.24) is 5.32 Å². The molecular weight excluding hydrogens is 975 g/mol. The molecule has 1 amide bonds. The molecule has 3 saturated heterocycles. The van der Waals surface area contributed by atoms with E-state index in [-0.39, 0.29) is 18.9 Å². The summed E-state index contributed by atoms with van der Waals surface area (Å²) >= 11 is 0. The molecule has 0 saturated carbocycles. The van der Waals surface area contributed by atoms with Crippen molar-refractivity contribution in [3.63, 3.8) is 0 Å². The molecule has 3 aliphatic heterocycles. The third-order valence-electron chi connectivity index (χ3n) is 13.5. The van der Waals surface area contributed by atoms with Crippen LogP contribution in [0.4, 0.5) is 0 Å². The average Bonchev–Trinajstić information content (AvgIpc) is 3.41. The van der Waals surface area contributed by atoms with Gasteiger partial charge in [-0.3, -0.25) is 4.79 Å². The van der Waals surface area contributed by atoms with Crippen LogP contribution in [0.1, 0.15) is 142 Å². The number of ether oxygens (including phenoxy) is 6. The molecule has 0 aromatic heterocycles. The predicted molar refractivity (Wildman–Crippen MR) is 281 cm³/mol. The number of allylic oxidation sites excluding steroid dienone is 11. The zero-order valence-electron chi connectivity index (χ0n) is 44.5. The van der Waals surface area contributed by atoms with Crippen LogP contribution in [0.15, 0.2) is 72.9 Å². The minimum absolute atomic E-state index is 0.208. The molecule has 12 N–H and O–H groups in total. The lowest BCUT2D eigenvalue weighted by molar-refractivity contribution is -0.379. The molecule has 432 valence electrons. The van der Waals surface area contributed by atoms with E-state index in [1.807, 2.05) is 6.08 Å². The molecule has 3 fully saturated rings. The Kier molecular flexibility index (Phi) is 35.1. The van der Waals surface area contributed by atoms with Crippen LogP contribution in [0.25, 0.3) is 0 Å². The number of aliphatic hydroxyl groups excluding tert-OH is 11. The lowest BCUT2D eigenvalue weighted by Gasteiger charge is -2.48. The summed E-state index contributed by atoms with van der Waals surface area (Å²) in [4.78, 5) is 13.3. The average molecular weight is 1070 g/mol. The van der Waals surface area contributed by atoms with Crippen LogP contribution in [0.2, 0.25) is 0 Å². The van der Waals surface area contributed by atoms with Crippen molar-refractivity contribution < 1.29 is 89.4 Å². The van der Waals surface area contributed by atoms with E-state index < -0.39 is 124 Å². The number of aliphatic hydroxyl groups is 11. The van der Waals surface area contributed by atoms with Gasteiger partial charge in [0.15, 0.2) is 18.9 Å². The van der Waals surface area contributed by atoms with Crippen molar-refractivity contribution in [2.75, 3.05) is 26.4 Å². The lowest BCUT2D eigenvalue weighted by atomic mass is 9.96. The SMILES string of the molecule is CC/C=C\C/C=C\C/C=C\CCCCCCCC(=O)NC(COC1OC(CO)C(OC2OC(CO)C(OC3OC(CO)C(O)C(O)C3O)C(O)C2O)C(O)C1O)C(O)/C=C/CC/C=C/CC/C=C/CCCCCCC. The molecule has 0 aromatic carbocycles. The normalized spacial score (nSPS) is 31.8. The Hall–Kier alpha value is -2.77. The molecule has 0 radical (unpaired) electrons. The van der Waals surface area contributed by atoms with Gasteiger partial charge in [0.1, 0.15) is 73.2 Å². The van der Waals surface area contributed by atoms with Gasteiger partial charge in [0.2, 0.25) is 5.91 Å². The predicted octanol–water partition coefficient (Wildman–Crippen LogP) is 3.48. The van der Waals surface area contributed by atoms with Crippen molar-refractivity contribution >= 4 is 5.91 Å². The monoisotopic (exact) mass is 1070 g/mol. The highest BCUT2D eigenvalue weighted by Crippen LogP contribution is 2.33. The molecule has 0 spiro atoms. The highest BCUT2D eigenvalue weighted by Gasteiger charge is 2.53. The Morgan fingerprint density at radius 2 is 0.933 bits per heavy atom. The van der Waals surface area contributed by atoms with Gasteiger partial charge >= 0.3 is 0 Å². The van der Waals surface area contributed by atoms with E-state index in [0.29, 0.717) is 12.8 Å². The van der Waals surface area contributed by atoms with Crippen LogP contribution in [0, 0.1) is 0 Å². The second kappa shape index (κ2) is 39.6. The molecule has 19 nitrogen and oxygen atoms in total. The van der Waals surface area contributed by atoms with Crippen molar-refractivity contribution in [2.45, 2.75) is 247 Å². The first-order valence-corrected chi connectivity index (χ1v) is 27.7. The summed E-state index contributed by atoms with van der Waals surface area (Å²) in [6.45, 7) is 1.51. The minimum Gasteiger partial charge on any atom is -0.394 e. The van der Waals surface area contributed by atoms with Gasteiger partial charge in [-0.2, -0.15) is 0 Å². The molecule has 3 aliphatic rings. The summed E-state index contributed by atoms with van der Waals surface area (Å²) in [5.74, 6) is -0.312. The molecule has 0 aromatic rings. The van der Waals surface area contributed by atoms with E-state index in [1.54, 1.807) is 6.08 Å². The molecule has 0 aliphatic carbocycles. The first kappa shape index (κ1) is 66.5. The quantitative estimate of drug-likeness (QED) is 0.0311. The van der Waals surface area contributed by atoms with E-state index >= 15 is 0 Å². The van der Waals surface area contributed by atoms with Gasteiger partial charge in [0.05, 0.1) is 38.6 Å². The van der Waals surface area contributed by atoms with Crippen molar-refractivity contribution in [1.29, 1.82) is 0 Å². The fraction of sp³-hybridized carbons (Fsp3) is 0.768. The maximum atomic E-state index is 13.3. The smallest absolute Gasteiger partial charge is 0.220 e. The van der Waals surface area contributed by atoms with Crippen molar-refractivity contribution in [2.24, 2.45) is 0 Å². The second-order valence-electron chi connectivity index (χ2n) is 19.6. The Labute approximate surface area is 445 Å². The first-order chi connectivity index (χ1) is 36.3. The maximum Gasteiger partial charge on any atom is 0.220 e. The molecule has 3 heterocycles. The summed E-state index contributed by atoms with van der Waals surface area (Å²) in [5, 5.41) is 120. The van der Waals surface area contributed by atoms with Crippen LogP contribution in [-0.4, -0.2) is 193 Å². The summed E-state index contributed by atoms with van der Waals surface area (Å²) in [6, 6.07) is -1.01. The maximum absolute atomic E-state index is 13.3. The highest BCUT2D eigenvalue weighted by molar-refractivity contribution is 5.76. The van der Waals surface area contributed by atoms with Crippen LogP contribution >= 0.6 is 0 Å². The number of nitrogens with one attached hydrogen (secondary N) is 1. The van der Waals surface area contributed by atoms with Crippen molar-refractivity contribution in [3.05, 3.63) is 72.9 Å². The topological polar surface area (TPSA) is 307 Å². The van der Waals surface area contributed by atoms with Gasteiger partial charge < -0.3 is 89.9 Å². The van der Waals surface area contributed by atoms with Crippen molar-refractivity contribution in [3.8, 4) is 0 Å². The number of unbranched alkanes of at least 4 members (excludes halogenated alkanes) is 12. The fourth-order valence-corrected chi connectivity index (χ4v) is 8.88. The largest absolute Gasteiger partial charge is 0.394 e. The number of carbonyl (C=O) groups excluding carboxylic acids is 1. The third kappa shape index (κ3) is 24.4. The van der Waals surface area contributed by atoms with Gasteiger partial charge in [0, 0.05) is 6.42 Å². The molecule has 19 heteroatoms. The van der Waals surface area contributed by atoms with Gasteiger partial charge in [-0.25, -0.2) is 0 Å². The summed E-state index contributed by atoms with van der Waals surface area (Å²) in [5.41, 5.74) is 0. The van der Waals surface area contributed by atoms with Crippen LogP contribution in [-0.2, 0) is 33.2 Å². The van der Waals surface area contributed by atoms with E-state index in [1.165, 1.54) is 32.1 Å². The summed E-state index contributed by atoms with van der Waals surface area (Å²) < 4.78 is 34.1. The standard InChI is InChI=1S/C56H95NO18/c1-3-5-7-9-11-13-15-17-19-21-23-25-27-29-31-33-40(61)39(57-44(62)34-32-30-28-26-24-22-20-18-16-14-12-10-8-6-4-2)38-70-54-50(68)47(65)52(42(36-59)72-54)75-56-51(69)48(66)53(43(37-60)73-56)74-55-49(67)46(64)45(63)41(35-58)71-55/h6,8,12,14-15,17-18,20,23,25,31,33,39-43,45-56,58-61,63-69H,3-5,7,9-11,13,16,19,21-22,24,26-30,32,34-38H2,1-2H3,(H,57,62)/b8-6-,14-12-,17-15+,20-18-,25-23+,33-31+. The van der Waals surface area contributed by atoms with E-state index in [9.17, 15) is 61.0 Å². The van der Waals surface area contributed by atoms with E-state index in [4.69, 9.17) is 28.4 Å². The Morgan fingerprint density at radius 3 is 1.49 bits per heavy atom. The zero-order valence-corrected chi connectivity index (χ0v) is 44.5. The zero-order chi connectivity index (χ0) is 54.8. The van der Waals surface area contributed by atoms with Gasteiger partial charge in [-0.05, 0) is 77.0 Å². The van der Waals surface area contributed by atoms with E-state index in [2.05, 4.69) is 79.9 Å². The van der Waals surface area contributed by atoms with Gasteiger partial charge in [-0.15, -0.1) is 0 Å². The number of amides is 1. The first-order valence-electron chi connectivity index (χ1n) is 27.7. The molecule has 17 atom stereocenters. The molecule has 75 heavy (non-hydrogen) atoms. The number of rotatable bonds is 38. The number of carbonyl (C=O) groups is 1. The third-order valence-corrected chi connectivity index (χ3v) is 13.5. The van der Waals surface area contributed by atoms with Crippen LogP contribution < -0.4 is 5.32 Å². The fourth-order valence-electron chi connectivity index (χ4n) is 8.88. The van der Waals surface area contributed by atoms with Crippen LogP contribution in [0.3, 0.4) is 0 Å².